The van der Waals surface area contributed by atoms with Crippen molar-refractivity contribution < 1.29 is 19.4 Å². The number of carboxylic acid groups (broad SMARTS) is 1. The number of fused-ring (bicyclic) bond motifs is 2. The molecule has 1 aromatic carbocycles. The van der Waals surface area contributed by atoms with E-state index in [9.17, 15) is 19.4 Å². The molecule has 3 atom stereocenters. The zero-order chi connectivity index (χ0) is 15.1. The van der Waals surface area contributed by atoms with Crippen molar-refractivity contribution in [3.8, 4) is 0 Å². The fourth-order valence-electron chi connectivity index (χ4n) is 3.78. The Balaban J connectivity index is 2.02. The third-order valence-electron chi connectivity index (χ3n) is 4.57. The second-order valence-corrected chi connectivity index (χ2v) is 6.24. The summed E-state index contributed by atoms with van der Waals surface area (Å²) in [6, 6.07) is 3.05. The molecule has 0 saturated carbocycles. The number of carbonyl (C=O) groups is 1. The lowest BCUT2D eigenvalue weighted by Crippen LogP contribution is -2.49. The van der Waals surface area contributed by atoms with Crippen LogP contribution >= 0.6 is 11.6 Å². The number of hydrogen-bond donors (Lipinski definition) is 2. The quantitative estimate of drug-likeness (QED) is 0.900. The highest BCUT2D eigenvalue weighted by atomic mass is 35.5. The average molecular weight is 314 g/mol. The molecule has 0 spiro atoms. The van der Waals surface area contributed by atoms with Crippen LogP contribution in [-0.4, -0.2) is 39.3 Å². The van der Waals surface area contributed by atoms with Crippen molar-refractivity contribution in [2.24, 2.45) is 0 Å². The molecule has 0 radical (unpaired) electrons. The van der Waals surface area contributed by atoms with E-state index < -0.39 is 23.9 Å². The number of piperidine rings is 1. The Kier molecular flexibility index (Phi) is 3.90. The van der Waals surface area contributed by atoms with Crippen molar-refractivity contribution in [2.45, 2.75) is 49.9 Å². The molecule has 3 rings (SSSR count). The van der Waals surface area contributed by atoms with E-state index in [-0.39, 0.29) is 22.7 Å². The van der Waals surface area contributed by atoms with Gasteiger partial charge in [0.15, 0.2) is 0 Å². The molecule has 2 saturated heterocycles. The van der Waals surface area contributed by atoms with Gasteiger partial charge in [-0.25, -0.2) is 4.39 Å². The lowest BCUT2D eigenvalue weighted by Gasteiger charge is -2.41. The lowest BCUT2D eigenvalue weighted by atomic mass is 9.94. The minimum Gasteiger partial charge on any atom is -0.480 e. The van der Waals surface area contributed by atoms with Crippen LogP contribution in [0.1, 0.15) is 37.3 Å². The first-order chi connectivity index (χ1) is 9.99. The van der Waals surface area contributed by atoms with E-state index >= 15 is 0 Å². The van der Waals surface area contributed by atoms with Crippen LogP contribution in [0.25, 0.3) is 0 Å². The van der Waals surface area contributed by atoms with E-state index in [2.05, 4.69) is 0 Å². The Morgan fingerprint density at radius 3 is 2.48 bits per heavy atom. The first-order valence-corrected chi connectivity index (χ1v) is 7.49. The predicted octanol–water partition coefficient (Wildman–Crippen LogP) is 2.59. The van der Waals surface area contributed by atoms with Crippen molar-refractivity contribution in [3.05, 3.63) is 34.6 Å². The van der Waals surface area contributed by atoms with Crippen molar-refractivity contribution in [1.82, 2.24) is 4.90 Å². The van der Waals surface area contributed by atoms with Crippen LogP contribution in [0.15, 0.2) is 18.2 Å². The van der Waals surface area contributed by atoms with Crippen LogP contribution in [-0.2, 0) is 4.79 Å². The summed E-state index contributed by atoms with van der Waals surface area (Å²) in [6.07, 6.45) is 2.33. The standard InChI is InChI=1S/C15H17ClFNO3/c16-11-2-1-3-12(17)13(11)14(15(20)21)18-8-4-5-9(18)7-10(19)6-8/h1-3,8-10,14,19H,4-7H2,(H,20,21). The van der Waals surface area contributed by atoms with Gasteiger partial charge in [-0.3, -0.25) is 9.69 Å². The summed E-state index contributed by atoms with van der Waals surface area (Å²) in [5.74, 6) is -1.70. The molecule has 0 aromatic heterocycles. The zero-order valence-electron chi connectivity index (χ0n) is 11.4. The molecule has 2 bridgehead atoms. The van der Waals surface area contributed by atoms with Crippen LogP contribution in [0.2, 0.25) is 5.02 Å². The SMILES string of the molecule is O=C(O)C(c1c(F)cccc1Cl)N1C2CCC1CC(O)C2. The monoisotopic (exact) mass is 313 g/mol. The van der Waals surface area contributed by atoms with Crippen molar-refractivity contribution >= 4 is 17.6 Å². The highest BCUT2D eigenvalue weighted by molar-refractivity contribution is 6.31. The number of nitrogens with zero attached hydrogens (tertiary/aromatic N) is 1. The van der Waals surface area contributed by atoms with Crippen LogP contribution in [0.5, 0.6) is 0 Å². The van der Waals surface area contributed by atoms with Crippen molar-refractivity contribution in [1.29, 1.82) is 0 Å². The molecule has 0 aliphatic carbocycles. The number of carboxylic acids is 1. The molecule has 2 aliphatic heterocycles. The average Bonchev–Trinajstić information content (AvgIpc) is 2.66. The summed E-state index contributed by atoms with van der Waals surface area (Å²) < 4.78 is 14.1. The van der Waals surface area contributed by atoms with Gasteiger partial charge >= 0.3 is 5.97 Å². The summed E-state index contributed by atoms with van der Waals surface area (Å²) in [4.78, 5) is 13.6. The molecule has 2 aliphatic rings. The maximum atomic E-state index is 14.1. The summed E-state index contributed by atoms with van der Waals surface area (Å²) in [5.41, 5.74) is 0.0277. The third kappa shape index (κ3) is 2.54. The second kappa shape index (κ2) is 5.55. The molecule has 6 heteroatoms. The van der Waals surface area contributed by atoms with Gasteiger partial charge in [-0.1, -0.05) is 17.7 Å². The topological polar surface area (TPSA) is 60.8 Å². The van der Waals surface area contributed by atoms with Crippen LogP contribution in [0.4, 0.5) is 4.39 Å². The maximum Gasteiger partial charge on any atom is 0.325 e. The van der Waals surface area contributed by atoms with Gasteiger partial charge in [0.05, 0.1) is 6.10 Å². The van der Waals surface area contributed by atoms with E-state index in [1.54, 1.807) is 0 Å². The van der Waals surface area contributed by atoms with Crippen molar-refractivity contribution in [3.63, 3.8) is 0 Å². The molecular formula is C15H17ClFNO3. The molecule has 4 nitrogen and oxygen atoms in total. The minimum absolute atomic E-state index is 0.0277. The number of aliphatic hydroxyl groups excluding tert-OH is 1. The Bertz CT molecular complexity index is 534. The van der Waals surface area contributed by atoms with E-state index in [4.69, 9.17) is 11.6 Å². The zero-order valence-corrected chi connectivity index (χ0v) is 12.1. The molecular weight excluding hydrogens is 297 g/mol. The molecule has 2 heterocycles. The van der Waals surface area contributed by atoms with Crippen LogP contribution in [0.3, 0.4) is 0 Å². The largest absolute Gasteiger partial charge is 0.480 e. The van der Waals surface area contributed by atoms with Crippen LogP contribution < -0.4 is 0 Å². The van der Waals surface area contributed by atoms with Gasteiger partial charge in [0, 0.05) is 22.7 Å². The normalized spacial score (nSPS) is 30.3. The Hall–Kier alpha value is -1.17. The molecule has 3 unspecified atom stereocenters. The molecule has 21 heavy (non-hydrogen) atoms. The Labute approximate surface area is 127 Å². The van der Waals surface area contributed by atoms with Gasteiger partial charge in [-0.15, -0.1) is 0 Å². The van der Waals surface area contributed by atoms with Gasteiger partial charge in [0.1, 0.15) is 11.9 Å². The highest BCUT2D eigenvalue weighted by Gasteiger charge is 2.47. The smallest absolute Gasteiger partial charge is 0.325 e. The molecule has 0 amide bonds. The number of halogens is 2. The second-order valence-electron chi connectivity index (χ2n) is 5.83. The summed E-state index contributed by atoms with van der Waals surface area (Å²) >= 11 is 6.05. The predicted molar refractivity (Wildman–Crippen MR) is 75.7 cm³/mol. The lowest BCUT2D eigenvalue weighted by molar-refractivity contribution is -0.147. The van der Waals surface area contributed by atoms with Crippen LogP contribution in [0, 0.1) is 5.82 Å². The van der Waals surface area contributed by atoms with Gasteiger partial charge in [0.2, 0.25) is 0 Å². The molecule has 2 fully saturated rings. The third-order valence-corrected chi connectivity index (χ3v) is 4.90. The van der Waals surface area contributed by atoms with E-state index in [1.165, 1.54) is 18.2 Å². The molecule has 2 N–H and O–H groups in total. The van der Waals surface area contributed by atoms with Gasteiger partial charge in [-0.05, 0) is 37.8 Å². The summed E-state index contributed by atoms with van der Waals surface area (Å²) in [6.45, 7) is 0. The fourth-order valence-corrected chi connectivity index (χ4v) is 4.04. The number of rotatable bonds is 3. The van der Waals surface area contributed by atoms with E-state index in [0.29, 0.717) is 12.8 Å². The Morgan fingerprint density at radius 2 is 1.95 bits per heavy atom. The van der Waals surface area contributed by atoms with Gasteiger partial charge in [-0.2, -0.15) is 0 Å². The van der Waals surface area contributed by atoms with Gasteiger partial charge in [0.25, 0.3) is 0 Å². The first-order valence-electron chi connectivity index (χ1n) is 7.11. The fraction of sp³-hybridized carbons (Fsp3) is 0.533. The number of hydrogen-bond acceptors (Lipinski definition) is 3. The highest BCUT2D eigenvalue weighted by Crippen LogP contribution is 2.43. The number of aliphatic hydroxyl groups is 1. The molecule has 1 aromatic rings. The van der Waals surface area contributed by atoms with Crippen molar-refractivity contribution in [2.75, 3.05) is 0 Å². The number of benzene rings is 1. The maximum absolute atomic E-state index is 14.1. The Morgan fingerprint density at radius 1 is 1.33 bits per heavy atom. The first kappa shape index (κ1) is 14.8. The summed E-state index contributed by atoms with van der Waals surface area (Å²) in [5, 5.41) is 19.6. The molecule has 114 valence electrons. The van der Waals surface area contributed by atoms with Gasteiger partial charge < -0.3 is 10.2 Å². The van der Waals surface area contributed by atoms with E-state index in [1.807, 2.05) is 4.90 Å². The minimum atomic E-state index is -1.10. The summed E-state index contributed by atoms with van der Waals surface area (Å²) in [7, 11) is 0. The van der Waals surface area contributed by atoms with E-state index in [0.717, 1.165) is 12.8 Å². The number of aliphatic carboxylic acids is 1.